The third-order valence-electron chi connectivity index (χ3n) is 5.84. The van der Waals surface area contributed by atoms with Gasteiger partial charge < -0.3 is 9.84 Å². The van der Waals surface area contributed by atoms with Crippen molar-refractivity contribution in [2.24, 2.45) is 0 Å². The fourth-order valence-electron chi connectivity index (χ4n) is 4.17. The van der Waals surface area contributed by atoms with Crippen molar-refractivity contribution in [1.82, 2.24) is 9.97 Å². The first-order valence-electron chi connectivity index (χ1n) is 11.6. The predicted molar refractivity (Wildman–Crippen MR) is 140 cm³/mol. The Labute approximate surface area is 217 Å². The van der Waals surface area contributed by atoms with Crippen LogP contribution in [0.5, 0.6) is 5.75 Å². The number of rotatable bonds is 9. The largest absolute Gasteiger partial charge is 0.503 e. The first-order chi connectivity index (χ1) is 17.1. The fraction of sp³-hybridized carbons (Fsp3) is 0.346. The lowest BCUT2D eigenvalue weighted by atomic mass is 9.94. The molecule has 4 rings (SSSR count). The fourth-order valence-corrected chi connectivity index (χ4v) is 6.03. The van der Waals surface area contributed by atoms with Gasteiger partial charge in [-0.25, -0.2) is 9.97 Å². The van der Waals surface area contributed by atoms with E-state index in [0.29, 0.717) is 44.1 Å². The van der Waals surface area contributed by atoms with Crippen LogP contribution in [0.15, 0.2) is 35.6 Å². The highest BCUT2D eigenvalue weighted by atomic mass is 32.1. The molecule has 1 aliphatic heterocycles. The van der Waals surface area contributed by atoms with E-state index >= 15 is 0 Å². The van der Waals surface area contributed by atoms with Crippen molar-refractivity contribution in [2.75, 3.05) is 11.5 Å². The second-order valence-corrected chi connectivity index (χ2v) is 10.7. The lowest BCUT2D eigenvalue weighted by Gasteiger charge is -2.26. The Balaban J connectivity index is 1.90. The standard InChI is InChI=1S/C26H27N3O5S2/c1-6-7-12-34-18-11-9-8-10-17(18)20-19(21(31)24-14(3)27-16(5)35-24)22(32)25(33)29(20)26-28-13(2)23(36-26)15(4)30/h8-11,20,32H,6-7,12H2,1-5H3. The third kappa shape index (κ3) is 4.58. The summed E-state index contributed by atoms with van der Waals surface area (Å²) >= 11 is 2.27. The molecular weight excluding hydrogens is 498 g/mol. The van der Waals surface area contributed by atoms with Crippen LogP contribution >= 0.6 is 22.7 Å². The smallest absolute Gasteiger partial charge is 0.296 e. The lowest BCUT2D eigenvalue weighted by Crippen LogP contribution is -2.31. The van der Waals surface area contributed by atoms with E-state index in [0.717, 1.165) is 24.2 Å². The molecule has 1 aliphatic rings. The average molecular weight is 526 g/mol. The Morgan fingerprint density at radius 3 is 2.39 bits per heavy atom. The van der Waals surface area contributed by atoms with E-state index in [1.807, 2.05) is 6.07 Å². The van der Waals surface area contributed by atoms with Crippen molar-refractivity contribution < 1.29 is 24.2 Å². The SMILES string of the molecule is CCCCOc1ccccc1C1C(C(=O)c2sc(C)nc2C)=C(O)C(=O)N1c1nc(C)c(C(C)=O)s1. The van der Waals surface area contributed by atoms with Crippen molar-refractivity contribution in [1.29, 1.82) is 0 Å². The minimum atomic E-state index is -0.991. The van der Waals surface area contributed by atoms with Gasteiger partial charge in [-0.2, -0.15) is 0 Å². The number of benzene rings is 1. The Morgan fingerprint density at radius 2 is 1.78 bits per heavy atom. The number of thiazole rings is 2. The molecule has 0 saturated carbocycles. The number of amides is 1. The molecule has 1 atom stereocenters. The van der Waals surface area contributed by atoms with Gasteiger partial charge in [-0.05, 0) is 33.3 Å². The van der Waals surface area contributed by atoms with Crippen LogP contribution in [0.4, 0.5) is 5.13 Å². The number of aliphatic hydroxyl groups is 1. The molecule has 188 valence electrons. The van der Waals surface area contributed by atoms with Gasteiger partial charge in [0.15, 0.2) is 16.7 Å². The minimum absolute atomic E-state index is 0.0597. The highest BCUT2D eigenvalue weighted by molar-refractivity contribution is 7.18. The van der Waals surface area contributed by atoms with Gasteiger partial charge in [-0.15, -0.1) is 11.3 Å². The molecule has 0 spiro atoms. The van der Waals surface area contributed by atoms with Gasteiger partial charge in [0.1, 0.15) is 11.8 Å². The van der Waals surface area contributed by atoms with Crippen molar-refractivity contribution in [3.05, 3.63) is 67.3 Å². The number of aromatic nitrogens is 2. The van der Waals surface area contributed by atoms with Gasteiger partial charge in [0.05, 0.1) is 38.3 Å². The van der Waals surface area contributed by atoms with Gasteiger partial charge in [0, 0.05) is 12.5 Å². The van der Waals surface area contributed by atoms with Crippen LogP contribution < -0.4 is 9.64 Å². The number of ether oxygens (including phenoxy) is 1. The van der Waals surface area contributed by atoms with Crippen LogP contribution in [0.3, 0.4) is 0 Å². The zero-order valence-corrected chi connectivity index (χ0v) is 22.4. The number of carbonyl (C=O) groups is 3. The molecule has 10 heteroatoms. The van der Waals surface area contributed by atoms with Gasteiger partial charge in [-0.1, -0.05) is 42.9 Å². The van der Waals surface area contributed by atoms with E-state index in [1.54, 1.807) is 39.0 Å². The summed E-state index contributed by atoms with van der Waals surface area (Å²) in [7, 11) is 0. The second kappa shape index (κ2) is 10.3. The van der Waals surface area contributed by atoms with Crippen LogP contribution in [0, 0.1) is 20.8 Å². The third-order valence-corrected chi connectivity index (χ3v) is 8.17. The number of nitrogens with zero attached hydrogens (tertiary/aromatic N) is 3. The number of anilines is 1. The van der Waals surface area contributed by atoms with E-state index in [9.17, 15) is 19.5 Å². The van der Waals surface area contributed by atoms with Gasteiger partial charge in [0.2, 0.25) is 5.78 Å². The quantitative estimate of drug-likeness (QED) is 0.282. The number of Topliss-reactive ketones (excluding diaryl/α,β-unsaturated/α-hetero) is 2. The molecule has 1 unspecified atom stereocenters. The number of para-hydroxylation sites is 1. The number of aliphatic hydroxyl groups excluding tert-OH is 1. The molecule has 1 aromatic carbocycles. The molecule has 0 bridgehead atoms. The molecule has 36 heavy (non-hydrogen) atoms. The number of unbranched alkanes of at least 4 members (excludes halogenated alkanes) is 1. The summed E-state index contributed by atoms with van der Waals surface area (Å²) in [6.07, 6.45) is 1.78. The molecule has 3 heterocycles. The highest BCUT2D eigenvalue weighted by Crippen LogP contribution is 2.46. The number of hydrogen-bond donors (Lipinski definition) is 1. The molecule has 8 nitrogen and oxygen atoms in total. The minimum Gasteiger partial charge on any atom is -0.503 e. The molecule has 0 saturated heterocycles. The van der Waals surface area contributed by atoms with Crippen LogP contribution in [0.2, 0.25) is 0 Å². The Hall–Kier alpha value is -3.37. The normalized spacial score (nSPS) is 15.6. The van der Waals surface area contributed by atoms with E-state index in [-0.39, 0.29) is 16.5 Å². The van der Waals surface area contributed by atoms with Crippen molar-refractivity contribution in [3.63, 3.8) is 0 Å². The Kier molecular flexibility index (Phi) is 7.37. The van der Waals surface area contributed by atoms with Gasteiger partial charge in [-0.3, -0.25) is 19.3 Å². The molecule has 1 amide bonds. The molecular formula is C26H27N3O5S2. The Bertz CT molecular complexity index is 1390. The summed E-state index contributed by atoms with van der Waals surface area (Å²) in [4.78, 5) is 50.3. The number of ketones is 2. The van der Waals surface area contributed by atoms with Crippen LogP contribution in [0.25, 0.3) is 0 Å². The van der Waals surface area contributed by atoms with E-state index in [2.05, 4.69) is 16.9 Å². The monoisotopic (exact) mass is 525 g/mol. The van der Waals surface area contributed by atoms with Crippen molar-refractivity contribution >= 4 is 45.3 Å². The summed E-state index contributed by atoms with van der Waals surface area (Å²) in [6.45, 7) is 9.17. The summed E-state index contributed by atoms with van der Waals surface area (Å²) in [5.41, 5.74) is 1.50. The average Bonchev–Trinajstić information content (AvgIpc) is 3.47. The zero-order chi connectivity index (χ0) is 26.1. The first kappa shape index (κ1) is 25.7. The molecule has 1 N–H and O–H groups in total. The number of hydrogen-bond acceptors (Lipinski definition) is 9. The predicted octanol–water partition coefficient (Wildman–Crippen LogP) is 5.69. The zero-order valence-electron chi connectivity index (χ0n) is 20.7. The van der Waals surface area contributed by atoms with E-state index in [4.69, 9.17) is 4.74 Å². The highest BCUT2D eigenvalue weighted by Gasteiger charge is 2.47. The summed E-state index contributed by atoms with van der Waals surface area (Å²) in [5, 5.41) is 12.0. The maximum atomic E-state index is 13.8. The Morgan fingerprint density at radius 1 is 1.08 bits per heavy atom. The van der Waals surface area contributed by atoms with Crippen molar-refractivity contribution in [3.8, 4) is 5.75 Å². The van der Waals surface area contributed by atoms with Crippen LogP contribution in [-0.4, -0.2) is 39.2 Å². The maximum Gasteiger partial charge on any atom is 0.296 e. The number of carbonyl (C=O) groups excluding carboxylic acids is 3. The molecule has 0 aliphatic carbocycles. The lowest BCUT2D eigenvalue weighted by molar-refractivity contribution is -0.117. The summed E-state index contributed by atoms with van der Waals surface area (Å²) in [6, 6.07) is 6.17. The van der Waals surface area contributed by atoms with Crippen molar-refractivity contribution in [2.45, 2.75) is 53.5 Å². The summed E-state index contributed by atoms with van der Waals surface area (Å²) in [5.74, 6) is -1.54. The van der Waals surface area contributed by atoms with Crippen LogP contribution in [-0.2, 0) is 4.79 Å². The molecule has 3 aromatic rings. The van der Waals surface area contributed by atoms with Gasteiger partial charge >= 0.3 is 0 Å². The van der Waals surface area contributed by atoms with E-state index in [1.165, 1.54) is 23.2 Å². The number of aryl methyl sites for hydroxylation is 3. The second-order valence-electron chi connectivity index (χ2n) is 8.52. The molecule has 0 fully saturated rings. The van der Waals surface area contributed by atoms with Crippen LogP contribution in [0.1, 0.15) is 74.0 Å². The maximum absolute atomic E-state index is 13.8. The van der Waals surface area contributed by atoms with Gasteiger partial charge in [0.25, 0.3) is 5.91 Å². The van der Waals surface area contributed by atoms with E-state index < -0.39 is 23.5 Å². The summed E-state index contributed by atoms with van der Waals surface area (Å²) < 4.78 is 6.04. The molecule has 2 aromatic heterocycles. The molecule has 0 radical (unpaired) electrons. The topological polar surface area (TPSA) is 110 Å². The first-order valence-corrected chi connectivity index (χ1v) is 13.2.